The van der Waals surface area contributed by atoms with Crippen LogP contribution in [0.4, 0.5) is 0 Å². The normalized spacial score (nSPS) is 13.4. The zero-order valence-corrected chi connectivity index (χ0v) is 17.8. The number of nitrogens with one attached hydrogen (secondary N) is 2. The Bertz CT molecular complexity index is 360. The number of carbonyl (C=O) groups excluding carboxylic acids is 1. The van der Waals surface area contributed by atoms with Gasteiger partial charge in [0.1, 0.15) is 0 Å². The molecule has 0 aliphatic heterocycles. The van der Waals surface area contributed by atoms with Crippen molar-refractivity contribution in [2.45, 2.75) is 54.1 Å². The van der Waals surface area contributed by atoms with Gasteiger partial charge in [0.05, 0.1) is 18.1 Å². The number of amides is 1. The Labute approximate surface area is 158 Å². The monoisotopic (exact) mass is 442 g/mol. The average Bonchev–Trinajstić information content (AvgIpc) is 2.43. The largest absolute Gasteiger partial charge is 0.378 e. The highest BCUT2D eigenvalue weighted by atomic mass is 127. The van der Waals surface area contributed by atoms with Crippen LogP contribution >= 0.6 is 24.0 Å². The Balaban J connectivity index is 0. The van der Waals surface area contributed by atoms with Crippen LogP contribution in [0, 0.1) is 11.3 Å². The molecule has 1 atom stereocenters. The molecule has 1 amide bonds. The van der Waals surface area contributed by atoms with Gasteiger partial charge in [0.25, 0.3) is 0 Å². The number of nitrogens with zero attached hydrogens (tertiary/aromatic N) is 1. The fourth-order valence-electron chi connectivity index (χ4n) is 1.85. The summed E-state index contributed by atoms with van der Waals surface area (Å²) in [6.45, 7) is 14.6. The van der Waals surface area contributed by atoms with Gasteiger partial charge in [-0.25, -0.2) is 0 Å². The molecule has 6 nitrogen and oxygen atoms in total. The first-order valence-electron chi connectivity index (χ1n) is 8.18. The fraction of sp³-hybridized carbons (Fsp3) is 0.875. The number of rotatable bonds is 10. The molecule has 7 heteroatoms. The maximum Gasteiger partial charge on any atom is 0.224 e. The van der Waals surface area contributed by atoms with E-state index in [4.69, 9.17) is 10.5 Å². The lowest BCUT2D eigenvalue weighted by molar-refractivity contribution is -0.125. The van der Waals surface area contributed by atoms with Crippen LogP contribution in [0.15, 0.2) is 4.99 Å². The summed E-state index contributed by atoms with van der Waals surface area (Å²) in [7, 11) is 0. The van der Waals surface area contributed by atoms with E-state index in [9.17, 15) is 4.79 Å². The molecule has 0 rings (SSSR count). The molecule has 0 heterocycles. The molecule has 0 aromatic carbocycles. The second-order valence-electron chi connectivity index (χ2n) is 6.40. The first kappa shape index (κ1) is 24.7. The summed E-state index contributed by atoms with van der Waals surface area (Å²) < 4.78 is 5.73. The lowest BCUT2D eigenvalue weighted by Crippen LogP contribution is -2.41. The van der Waals surface area contributed by atoms with Crippen molar-refractivity contribution in [3.63, 3.8) is 0 Å². The number of halogens is 1. The number of aliphatic imine (C=N–C) groups is 1. The van der Waals surface area contributed by atoms with Crippen molar-refractivity contribution in [3.05, 3.63) is 0 Å². The molecule has 138 valence electrons. The zero-order chi connectivity index (χ0) is 17.2. The average molecular weight is 442 g/mol. The van der Waals surface area contributed by atoms with Crippen LogP contribution in [0.2, 0.25) is 0 Å². The van der Waals surface area contributed by atoms with Gasteiger partial charge in [-0.1, -0.05) is 13.8 Å². The van der Waals surface area contributed by atoms with Gasteiger partial charge in [0, 0.05) is 19.7 Å². The van der Waals surface area contributed by atoms with Crippen LogP contribution < -0.4 is 16.4 Å². The third-order valence-corrected chi connectivity index (χ3v) is 3.49. The minimum absolute atomic E-state index is 0. The van der Waals surface area contributed by atoms with Crippen molar-refractivity contribution in [2.24, 2.45) is 22.1 Å². The summed E-state index contributed by atoms with van der Waals surface area (Å²) in [5.74, 6) is 0.842. The molecule has 0 spiro atoms. The van der Waals surface area contributed by atoms with Gasteiger partial charge in [-0.15, -0.1) is 24.0 Å². The second-order valence-corrected chi connectivity index (χ2v) is 6.40. The van der Waals surface area contributed by atoms with Gasteiger partial charge < -0.3 is 21.1 Å². The van der Waals surface area contributed by atoms with Crippen LogP contribution in [0.1, 0.15) is 48.0 Å². The van der Waals surface area contributed by atoms with Crippen molar-refractivity contribution in [2.75, 3.05) is 26.2 Å². The zero-order valence-electron chi connectivity index (χ0n) is 15.4. The molecular formula is C16H35IN4O2. The van der Waals surface area contributed by atoms with E-state index in [2.05, 4.69) is 29.5 Å². The molecule has 0 aromatic rings. The predicted octanol–water partition coefficient (Wildman–Crippen LogP) is 2.12. The van der Waals surface area contributed by atoms with E-state index in [0.717, 1.165) is 26.1 Å². The number of hydrogen-bond donors (Lipinski definition) is 3. The fourth-order valence-corrected chi connectivity index (χ4v) is 1.85. The molecule has 0 bridgehead atoms. The van der Waals surface area contributed by atoms with Gasteiger partial charge >= 0.3 is 0 Å². The number of nitrogens with two attached hydrogens (primary N) is 1. The number of ether oxygens (including phenoxy) is 1. The van der Waals surface area contributed by atoms with Crippen molar-refractivity contribution < 1.29 is 9.53 Å². The Morgan fingerprint density at radius 2 is 1.87 bits per heavy atom. The van der Waals surface area contributed by atoms with E-state index in [1.807, 2.05) is 13.8 Å². The van der Waals surface area contributed by atoms with Crippen LogP contribution in [0.5, 0.6) is 0 Å². The second kappa shape index (κ2) is 12.8. The van der Waals surface area contributed by atoms with E-state index in [0.29, 0.717) is 18.4 Å². The van der Waals surface area contributed by atoms with Gasteiger partial charge in [0.15, 0.2) is 5.96 Å². The summed E-state index contributed by atoms with van der Waals surface area (Å²) in [5, 5.41) is 6.46. The quantitative estimate of drug-likeness (QED) is 0.275. The van der Waals surface area contributed by atoms with E-state index >= 15 is 0 Å². The topological polar surface area (TPSA) is 88.7 Å². The first-order chi connectivity index (χ1) is 10.2. The molecule has 4 N–H and O–H groups in total. The predicted molar refractivity (Wildman–Crippen MR) is 107 cm³/mol. The number of primary amides is 1. The summed E-state index contributed by atoms with van der Waals surface area (Å²) in [5.41, 5.74) is 4.73. The van der Waals surface area contributed by atoms with Crippen molar-refractivity contribution in [1.82, 2.24) is 10.6 Å². The molecule has 0 aliphatic rings. The maximum atomic E-state index is 11.3. The molecule has 0 saturated carbocycles. The highest BCUT2D eigenvalue weighted by Gasteiger charge is 2.24. The molecule has 0 aliphatic carbocycles. The molecule has 0 aromatic heterocycles. The molecule has 0 saturated heterocycles. The Hall–Kier alpha value is -0.570. The lowest BCUT2D eigenvalue weighted by Gasteiger charge is -2.22. The molecule has 1 unspecified atom stereocenters. The molecule has 0 radical (unpaired) electrons. The first-order valence-corrected chi connectivity index (χ1v) is 8.18. The van der Waals surface area contributed by atoms with Gasteiger partial charge in [-0.05, 0) is 40.0 Å². The molecule has 23 heavy (non-hydrogen) atoms. The Morgan fingerprint density at radius 3 is 2.30 bits per heavy atom. The van der Waals surface area contributed by atoms with Crippen LogP contribution in [0.25, 0.3) is 0 Å². The van der Waals surface area contributed by atoms with Crippen molar-refractivity contribution >= 4 is 35.8 Å². The smallest absolute Gasteiger partial charge is 0.224 e. The molecule has 0 fully saturated rings. The van der Waals surface area contributed by atoms with Crippen LogP contribution in [-0.2, 0) is 9.53 Å². The van der Waals surface area contributed by atoms with E-state index in [1.54, 1.807) is 13.8 Å². The van der Waals surface area contributed by atoms with Crippen molar-refractivity contribution in [3.8, 4) is 0 Å². The lowest BCUT2D eigenvalue weighted by atomic mass is 9.93. The Morgan fingerprint density at radius 1 is 1.26 bits per heavy atom. The highest BCUT2D eigenvalue weighted by Crippen LogP contribution is 2.14. The minimum Gasteiger partial charge on any atom is -0.378 e. The van der Waals surface area contributed by atoms with Gasteiger partial charge in [-0.2, -0.15) is 0 Å². The SMILES string of the molecule is CCNC(=NCC(C)(C)C(N)=O)NCCC(OCC)C(C)C.I. The molecular weight excluding hydrogens is 407 g/mol. The van der Waals surface area contributed by atoms with Crippen LogP contribution in [-0.4, -0.2) is 44.2 Å². The number of guanidine groups is 1. The van der Waals surface area contributed by atoms with Crippen molar-refractivity contribution in [1.29, 1.82) is 0 Å². The summed E-state index contributed by atoms with van der Waals surface area (Å²) in [6, 6.07) is 0. The Kier molecular flexibility index (Phi) is 13.7. The number of hydrogen-bond acceptors (Lipinski definition) is 3. The van der Waals surface area contributed by atoms with E-state index in [1.165, 1.54) is 0 Å². The third-order valence-electron chi connectivity index (χ3n) is 3.49. The third kappa shape index (κ3) is 10.8. The van der Waals surface area contributed by atoms with Crippen LogP contribution in [0.3, 0.4) is 0 Å². The van der Waals surface area contributed by atoms with Gasteiger partial charge in [0.2, 0.25) is 5.91 Å². The maximum absolute atomic E-state index is 11.3. The highest BCUT2D eigenvalue weighted by molar-refractivity contribution is 14.0. The van der Waals surface area contributed by atoms with E-state index in [-0.39, 0.29) is 36.0 Å². The summed E-state index contributed by atoms with van der Waals surface area (Å²) >= 11 is 0. The summed E-state index contributed by atoms with van der Waals surface area (Å²) in [4.78, 5) is 15.8. The summed E-state index contributed by atoms with van der Waals surface area (Å²) in [6.07, 6.45) is 1.15. The van der Waals surface area contributed by atoms with Gasteiger partial charge in [-0.3, -0.25) is 9.79 Å². The van der Waals surface area contributed by atoms with E-state index < -0.39 is 5.41 Å². The standard InChI is InChI=1S/C16H34N4O2.HI/c1-7-18-15(20-11-16(5,6)14(17)21)19-10-9-13(12(3)4)22-8-2;/h12-13H,7-11H2,1-6H3,(H2,17,21)(H2,18,19,20);1H. The minimum atomic E-state index is -0.645. The number of carbonyl (C=O) groups is 1.